The van der Waals surface area contributed by atoms with Gasteiger partial charge in [0.25, 0.3) is 11.6 Å². The zero-order valence-corrected chi connectivity index (χ0v) is 13.3. The molecule has 7 nitrogen and oxygen atoms in total. The standard InChI is InChI=1S/C16H12ClN3O4/c1-9(21)15-18-12-4-2-3-5-13(12)19(15)16(22)10-6-7-11(17)14(8-10)20(23)24/h2-9,21H,1H3/t9-/m0/s1. The van der Waals surface area contributed by atoms with E-state index in [1.165, 1.54) is 23.6 Å². The molecule has 0 saturated heterocycles. The Morgan fingerprint density at radius 2 is 2.04 bits per heavy atom. The molecule has 0 amide bonds. The van der Waals surface area contributed by atoms with Gasteiger partial charge in [0.2, 0.25) is 0 Å². The Morgan fingerprint density at radius 1 is 1.33 bits per heavy atom. The first-order chi connectivity index (χ1) is 11.4. The number of hydrogen-bond acceptors (Lipinski definition) is 5. The van der Waals surface area contributed by atoms with Gasteiger partial charge in [-0.05, 0) is 31.2 Å². The van der Waals surface area contributed by atoms with E-state index in [0.717, 1.165) is 6.07 Å². The lowest BCUT2D eigenvalue weighted by Crippen LogP contribution is -2.17. The van der Waals surface area contributed by atoms with Crippen LogP contribution in [0, 0.1) is 10.1 Å². The zero-order valence-electron chi connectivity index (χ0n) is 12.5. The summed E-state index contributed by atoms with van der Waals surface area (Å²) in [5, 5.41) is 20.9. The molecular formula is C16H12ClN3O4. The minimum Gasteiger partial charge on any atom is -0.385 e. The van der Waals surface area contributed by atoms with E-state index >= 15 is 0 Å². The molecule has 8 heteroatoms. The second kappa shape index (κ2) is 6.03. The number of halogens is 1. The summed E-state index contributed by atoms with van der Waals surface area (Å²) in [6.07, 6.45) is -0.983. The van der Waals surface area contributed by atoms with Gasteiger partial charge >= 0.3 is 0 Å². The van der Waals surface area contributed by atoms with Crippen LogP contribution in [-0.4, -0.2) is 25.5 Å². The van der Waals surface area contributed by atoms with E-state index in [9.17, 15) is 20.0 Å². The number of aromatic nitrogens is 2. The number of benzene rings is 2. The van der Waals surface area contributed by atoms with E-state index in [1.54, 1.807) is 24.3 Å². The van der Waals surface area contributed by atoms with E-state index in [0.29, 0.717) is 11.0 Å². The lowest BCUT2D eigenvalue weighted by molar-refractivity contribution is -0.384. The first kappa shape index (κ1) is 16.1. The predicted octanol–water partition coefficient (Wildman–Crippen LogP) is 3.34. The number of carbonyl (C=O) groups is 1. The van der Waals surface area contributed by atoms with Gasteiger partial charge in [-0.15, -0.1) is 0 Å². The van der Waals surface area contributed by atoms with E-state index < -0.39 is 16.9 Å². The molecule has 0 radical (unpaired) electrons. The highest BCUT2D eigenvalue weighted by Gasteiger charge is 2.23. The van der Waals surface area contributed by atoms with Gasteiger partial charge in [-0.2, -0.15) is 0 Å². The quantitative estimate of drug-likeness (QED) is 0.579. The van der Waals surface area contributed by atoms with Crippen LogP contribution in [0.25, 0.3) is 11.0 Å². The summed E-state index contributed by atoms with van der Waals surface area (Å²) in [6, 6.07) is 10.7. The van der Waals surface area contributed by atoms with E-state index in [4.69, 9.17) is 11.6 Å². The van der Waals surface area contributed by atoms with Crippen molar-refractivity contribution < 1.29 is 14.8 Å². The number of hydrogen-bond donors (Lipinski definition) is 1. The molecule has 3 rings (SSSR count). The molecule has 0 spiro atoms. The van der Waals surface area contributed by atoms with Gasteiger partial charge in [0.1, 0.15) is 17.0 Å². The molecule has 3 aromatic rings. The highest BCUT2D eigenvalue weighted by atomic mass is 35.5. The van der Waals surface area contributed by atoms with Crippen molar-refractivity contribution in [3.63, 3.8) is 0 Å². The lowest BCUT2D eigenvalue weighted by Gasteiger charge is -2.10. The van der Waals surface area contributed by atoms with Crippen LogP contribution >= 0.6 is 11.6 Å². The van der Waals surface area contributed by atoms with Gasteiger partial charge in [0.15, 0.2) is 0 Å². The summed E-state index contributed by atoms with van der Waals surface area (Å²) in [4.78, 5) is 27.5. The SMILES string of the molecule is C[C@H](O)c1nc2ccccc2n1C(=O)c1ccc(Cl)c([N+](=O)[O-])c1. The molecule has 0 aliphatic carbocycles. The number of nitro groups is 1. The van der Waals surface area contributed by atoms with Crippen LogP contribution in [0.4, 0.5) is 5.69 Å². The van der Waals surface area contributed by atoms with Crippen molar-refractivity contribution in [2.75, 3.05) is 0 Å². The Morgan fingerprint density at radius 3 is 2.71 bits per heavy atom. The third kappa shape index (κ3) is 2.64. The largest absolute Gasteiger partial charge is 0.385 e. The molecule has 1 aromatic heterocycles. The van der Waals surface area contributed by atoms with Crippen LogP contribution in [0.15, 0.2) is 42.5 Å². The molecule has 0 fully saturated rings. The van der Waals surface area contributed by atoms with Crippen molar-refractivity contribution in [2.24, 2.45) is 0 Å². The maximum atomic E-state index is 12.9. The Labute approximate surface area is 141 Å². The van der Waals surface area contributed by atoms with Gasteiger partial charge in [-0.3, -0.25) is 19.5 Å². The second-order valence-corrected chi connectivity index (χ2v) is 5.61. The van der Waals surface area contributed by atoms with Gasteiger partial charge in [-0.1, -0.05) is 23.7 Å². The van der Waals surface area contributed by atoms with Gasteiger partial charge in [0.05, 0.1) is 16.0 Å². The molecule has 1 N–H and O–H groups in total. The molecule has 0 unspecified atom stereocenters. The number of nitrogens with zero attached hydrogens (tertiary/aromatic N) is 3. The summed E-state index contributed by atoms with van der Waals surface area (Å²) >= 11 is 5.79. The van der Waals surface area contributed by atoms with Crippen LogP contribution in [0.3, 0.4) is 0 Å². The summed E-state index contributed by atoms with van der Waals surface area (Å²) < 4.78 is 1.26. The number of fused-ring (bicyclic) bond motifs is 1. The fourth-order valence-electron chi connectivity index (χ4n) is 2.45. The first-order valence-corrected chi connectivity index (χ1v) is 7.42. The Hall–Kier alpha value is -2.77. The molecular weight excluding hydrogens is 334 g/mol. The number of carbonyl (C=O) groups excluding carboxylic acids is 1. The van der Waals surface area contributed by atoms with Crippen molar-refractivity contribution in [3.05, 3.63) is 69.0 Å². The van der Waals surface area contributed by atoms with Crippen molar-refractivity contribution in [3.8, 4) is 0 Å². The fourth-order valence-corrected chi connectivity index (χ4v) is 2.64. The maximum absolute atomic E-state index is 12.9. The Balaban J connectivity index is 2.21. The molecule has 24 heavy (non-hydrogen) atoms. The van der Waals surface area contributed by atoms with E-state index in [-0.39, 0.29) is 22.1 Å². The van der Waals surface area contributed by atoms with Crippen LogP contribution in [0.1, 0.15) is 29.2 Å². The summed E-state index contributed by atoms with van der Waals surface area (Å²) in [5.41, 5.74) is 0.780. The maximum Gasteiger partial charge on any atom is 0.288 e. The molecule has 1 atom stereocenters. The van der Waals surface area contributed by atoms with E-state index in [1.807, 2.05) is 0 Å². The average Bonchev–Trinajstić information content (AvgIpc) is 2.94. The first-order valence-electron chi connectivity index (χ1n) is 7.04. The highest BCUT2D eigenvalue weighted by molar-refractivity contribution is 6.32. The number of imidazole rings is 1. The van der Waals surface area contributed by atoms with Gasteiger partial charge in [0, 0.05) is 11.6 Å². The molecule has 0 bridgehead atoms. The van der Waals surface area contributed by atoms with Crippen molar-refractivity contribution in [2.45, 2.75) is 13.0 Å². The molecule has 2 aromatic carbocycles. The second-order valence-electron chi connectivity index (χ2n) is 5.20. The third-order valence-electron chi connectivity index (χ3n) is 3.55. The third-order valence-corrected chi connectivity index (χ3v) is 3.87. The minimum atomic E-state index is -0.983. The van der Waals surface area contributed by atoms with Crippen LogP contribution in [0.2, 0.25) is 5.02 Å². The van der Waals surface area contributed by atoms with Crippen LogP contribution < -0.4 is 0 Å². The highest BCUT2D eigenvalue weighted by Crippen LogP contribution is 2.27. The molecule has 0 aliphatic heterocycles. The molecule has 0 aliphatic rings. The number of para-hydroxylation sites is 2. The molecule has 122 valence electrons. The summed E-state index contributed by atoms with van der Waals surface area (Å²) in [5.74, 6) is -0.363. The predicted molar refractivity (Wildman–Crippen MR) is 88.2 cm³/mol. The fraction of sp³-hybridized carbons (Fsp3) is 0.125. The molecule has 1 heterocycles. The average molecular weight is 346 g/mol. The molecule has 0 saturated carbocycles. The number of aliphatic hydroxyl groups excluding tert-OH is 1. The minimum absolute atomic E-state index is 0.0530. The smallest absolute Gasteiger partial charge is 0.288 e. The van der Waals surface area contributed by atoms with Gasteiger partial charge < -0.3 is 5.11 Å². The van der Waals surface area contributed by atoms with E-state index in [2.05, 4.69) is 4.98 Å². The van der Waals surface area contributed by atoms with Crippen LogP contribution in [0.5, 0.6) is 0 Å². The van der Waals surface area contributed by atoms with Crippen molar-refractivity contribution in [1.82, 2.24) is 9.55 Å². The van der Waals surface area contributed by atoms with Crippen molar-refractivity contribution >= 4 is 34.2 Å². The monoisotopic (exact) mass is 345 g/mol. The van der Waals surface area contributed by atoms with Crippen LogP contribution in [-0.2, 0) is 0 Å². The number of rotatable bonds is 3. The number of aliphatic hydroxyl groups is 1. The van der Waals surface area contributed by atoms with Gasteiger partial charge in [-0.25, -0.2) is 4.98 Å². The topological polar surface area (TPSA) is 98.3 Å². The Bertz CT molecular complexity index is 965. The normalized spacial score (nSPS) is 12.3. The summed E-state index contributed by atoms with van der Waals surface area (Å²) in [6.45, 7) is 1.50. The summed E-state index contributed by atoms with van der Waals surface area (Å²) in [7, 11) is 0. The number of nitro benzene ring substituents is 1. The lowest BCUT2D eigenvalue weighted by atomic mass is 10.1. The zero-order chi connectivity index (χ0) is 17.4. The van der Waals surface area contributed by atoms with Crippen molar-refractivity contribution in [1.29, 1.82) is 0 Å². The Kier molecular flexibility index (Phi) is 4.04.